The fourth-order valence-corrected chi connectivity index (χ4v) is 2.94. The van der Waals surface area contributed by atoms with Gasteiger partial charge >= 0.3 is 0 Å². The minimum absolute atomic E-state index is 0.129. The molecule has 0 bridgehead atoms. The summed E-state index contributed by atoms with van der Waals surface area (Å²) in [5, 5.41) is 17.4. The molecule has 2 heterocycles. The van der Waals surface area contributed by atoms with Crippen LogP contribution in [0.25, 0.3) is 0 Å². The van der Waals surface area contributed by atoms with Gasteiger partial charge in [0.1, 0.15) is 0 Å². The van der Waals surface area contributed by atoms with Gasteiger partial charge in [-0.15, -0.1) is 22.7 Å². The molecular formula is C13H12N3O3S2-. The highest BCUT2D eigenvalue weighted by Crippen LogP contribution is 2.16. The molecular weight excluding hydrogens is 310 g/mol. The van der Waals surface area contributed by atoms with Crippen LogP contribution in [0.3, 0.4) is 0 Å². The van der Waals surface area contributed by atoms with E-state index in [1.165, 1.54) is 17.4 Å². The molecule has 0 unspecified atom stereocenters. The van der Waals surface area contributed by atoms with Crippen LogP contribution in [0.2, 0.25) is 0 Å². The van der Waals surface area contributed by atoms with Crippen LogP contribution >= 0.6 is 22.7 Å². The number of thiazole rings is 1. The molecule has 110 valence electrons. The Labute approximate surface area is 129 Å². The van der Waals surface area contributed by atoms with Crippen LogP contribution in [-0.2, 0) is 11.2 Å². The first kappa shape index (κ1) is 15.3. The molecule has 1 N–H and O–H groups in total. The number of amides is 1. The Bertz CT molecular complexity index is 703. The summed E-state index contributed by atoms with van der Waals surface area (Å²) in [4.78, 5) is 27.4. The molecule has 0 saturated heterocycles. The van der Waals surface area contributed by atoms with Crippen LogP contribution in [0, 0.1) is 6.92 Å². The summed E-state index contributed by atoms with van der Waals surface area (Å²) in [6.07, 6.45) is 0.163. The van der Waals surface area contributed by atoms with Gasteiger partial charge < -0.3 is 9.90 Å². The number of carboxylic acids is 1. The molecule has 0 aliphatic carbocycles. The van der Waals surface area contributed by atoms with Gasteiger partial charge in [0.05, 0.1) is 38.6 Å². The van der Waals surface area contributed by atoms with Crippen LogP contribution in [0.5, 0.6) is 0 Å². The van der Waals surface area contributed by atoms with Crippen molar-refractivity contribution in [1.29, 1.82) is 0 Å². The zero-order chi connectivity index (χ0) is 15.4. The van der Waals surface area contributed by atoms with E-state index in [4.69, 9.17) is 0 Å². The van der Waals surface area contributed by atoms with Gasteiger partial charge in [0, 0.05) is 5.38 Å². The van der Waals surface area contributed by atoms with E-state index >= 15 is 0 Å². The van der Waals surface area contributed by atoms with Crippen molar-refractivity contribution in [2.24, 2.45) is 5.10 Å². The van der Waals surface area contributed by atoms with Crippen molar-refractivity contribution in [1.82, 2.24) is 10.4 Å². The number of hydrazone groups is 1. The van der Waals surface area contributed by atoms with Crippen molar-refractivity contribution in [3.63, 3.8) is 0 Å². The maximum atomic E-state index is 11.7. The summed E-state index contributed by atoms with van der Waals surface area (Å²) in [5.41, 5.74) is 3.68. The number of nitrogens with zero attached hydrogens (tertiary/aromatic N) is 2. The number of thiophene rings is 1. The Hall–Kier alpha value is -2.06. The van der Waals surface area contributed by atoms with Crippen molar-refractivity contribution < 1.29 is 14.7 Å². The molecule has 6 nitrogen and oxygen atoms in total. The van der Waals surface area contributed by atoms with Gasteiger partial charge in [0.25, 0.3) is 0 Å². The number of rotatable bonds is 5. The van der Waals surface area contributed by atoms with Crippen molar-refractivity contribution >= 4 is 40.3 Å². The van der Waals surface area contributed by atoms with Crippen LogP contribution in [-0.4, -0.2) is 22.6 Å². The Balaban J connectivity index is 1.95. The quantitative estimate of drug-likeness (QED) is 0.655. The molecule has 0 aliphatic heterocycles. The second-order valence-corrected chi connectivity index (χ2v) is 6.36. The van der Waals surface area contributed by atoms with Crippen LogP contribution in [0.15, 0.2) is 22.6 Å². The van der Waals surface area contributed by atoms with E-state index in [9.17, 15) is 14.7 Å². The predicted molar refractivity (Wildman–Crippen MR) is 79.6 cm³/mol. The van der Waals surface area contributed by atoms with Gasteiger partial charge in [-0.2, -0.15) is 5.10 Å². The Morgan fingerprint density at radius 2 is 2.10 bits per heavy atom. The zero-order valence-electron chi connectivity index (χ0n) is 11.4. The molecule has 2 aromatic heterocycles. The summed E-state index contributed by atoms with van der Waals surface area (Å²) in [6, 6.07) is 3.08. The second kappa shape index (κ2) is 6.59. The highest BCUT2D eigenvalue weighted by Gasteiger charge is 2.07. The molecule has 2 aromatic rings. The third-order valence-corrected chi connectivity index (χ3v) is 4.52. The van der Waals surface area contributed by atoms with E-state index < -0.39 is 5.97 Å². The monoisotopic (exact) mass is 322 g/mol. The molecule has 0 radical (unpaired) electrons. The van der Waals surface area contributed by atoms with E-state index in [0.717, 1.165) is 16.3 Å². The first-order valence-electron chi connectivity index (χ1n) is 6.01. The van der Waals surface area contributed by atoms with Gasteiger partial charge in [-0.3, -0.25) is 4.79 Å². The summed E-state index contributed by atoms with van der Waals surface area (Å²) in [7, 11) is 0. The van der Waals surface area contributed by atoms with Gasteiger partial charge in [-0.05, 0) is 26.0 Å². The number of aromatic nitrogens is 1. The second-order valence-electron chi connectivity index (χ2n) is 4.22. The number of carbonyl (C=O) groups is 2. The highest BCUT2D eigenvalue weighted by atomic mass is 32.1. The molecule has 0 aromatic carbocycles. The molecule has 0 aliphatic rings. The van der Waals surface area contributed by atoms with Gasteiger partial charge in [-0.1, -0.05) is 0 Å². The summed E-state index contributed by atoms with van der Waals surface area (Å²) in [6.45, 7) is 3.57. The normalized spacial score (nSPS) is 11.4. The Kier molecular flexibility index (Phi) is 4.81. The number of carboxylic acid groups (broad SMARTS) is 1. The molecule has 1 amide bonds. The van der Waals surface area contributed by atoms with E-state index in [-0.39, 0.29) is 17.2 Å². The number of aryl methyl sites for hydroxylation is 1. The van der Waals surface area contributed by atoms with Crippen LogP contribution in [0.1, 0.15) is 32.2 Å². The lowest BCUT2D eigenvalue weighted by Crippen LogP contribution is -2.21. The van der Waals surface area contributed by atoms with Gasteiger partial charge in [0.2, 0.25) is 5.91 Å². The maximum absolute atomic E-state index is 11.7. The van der Waals surface area contributed by atoms with Crippen molar-refractivity contribution in [2.75, 3.05) is 0 Å². The minimum atomic E-state index is -1.22. The highest BCUT2D eigenvalue weighted by molar-refractivity contribution is 7.15. The summed E-state index contributed by atoms with van der Waals surface area (Å²) in [5.74, 6) is -1.49. The average Bonchev–Trinajstić information content (AvgIpc) is 3.05. The first-order chi connectivity index (χ1) is 9.95. The maximum Gasteiger partial charge on any atom is 0.246 e. The lowest BCUT2D eigenvalue weighted by atomic mass is 10.3. The third-order valence-electron chi connectivity index (χ3n) is 2.52. The van der Waals surface area contributed by atoms with Crippen molar-refractivity contribution in [2.45, 2.75) is 20.3 Å². The first-order valence-corrected chi connectivity index (χ1v) is 7.71. The van der Waals surface area contributed by atoms with E-state index in [1.807, 2.05) is 12.3 Å². The zero-order valence-corrected chi connectivity index (χ0v) is 13.0. The number of nitrogens with one attached hydrogen (secondary N) is 1. The topological polar surface area (TPSA) is 94.5 Å². The number of hydrogen-bond acceptors (Lipinski definition) is 7. The third kappa shape index (κ3) is 4.20. The fourth-order valence-electron chi connectivity index (χ4n) is 1.54. The summed E-state index contributed by atoms with van der Waals surface area (Å²) >= 11 is 2.54. The average molecular weight is 322 g/mol. The molecule has 8 heteroatoms. The molecule has 0 fully saturated rings. The largest absolute Gasteiger partial charge is 0.544 e. The number of hydrogen-bond donors (Lipinski definition) is 1. The molecule has 21 heavy (non-hydrogen) atoms. The summed E-state index contributed by atoms with van der Waals surface area (Å²) < 4.78 is 0. The standard InChI is InChI=1S/C13H13N3O3S2/c1-7(10-3-4-11(21-10)13(18)19)15-16-12(17)5-9-6-20-8(2)14-9/h3-4,6H,5H2,1-2H3,(H,16,17)(H,18,19)/p-1/b15-7-. The van der Waals surface area contributed by atoms with Crippen LogP contribution < -0.4 is 10.5 Å². The van der Waals surface area contributed by atoms with E-state index in [1.54, 1.807) is 13.0 Å². The molecule has 2 rings (SSSR count). The van der Waals surface area contributed by atoms with Crippen molar-refractivity contribution in [3.05, 3.63) is 38.0 Å². The molecule has 0 atom stereocenters. The fraction of sp³-hybridized carbons (Fsp3) is 0.231. The Morgan fingerprint density at radius 1 is 1.38 bits per heavy atom. The van der Waals surface area contributed by atoms with Gasteiger partial charge in [-0.25, -0.2) is 10.4 Å². The minimum Gasteiger partial charge on any atom is -0.544 e. The molecule has 0 spiro atoms. The smallest absolute Gasteiger partial charge is 0.246 e. The number of aromatic carboxylic acids is 1. The van der Waals surface area contributed by atoms with E-state index in [0.29, 0.717) is 16.3 Å². The SMILES string of the molecule is C/C(=N/NC(=O)Cc1csc(C)n1)c1ccc(C(=O)[O-])s1. The number of carbonyl (C=O) groups excluding carboxylic acids is 2. The van der Waals surface area contributed by atoms with Crippen LogP contribution in [0.4, 0.5) is 0 Å². The van der Waals surface area contributed by atoms with Crippen molar-refractivity contribution in [3.8, 4) is 0 Å². The predicted octanol–water partition coefficient (Wildman–Crippen LogP) is 0.959. The molecule has 0 saturated carbocycles. The lowest BCUT2D eigenvalue weighted by Gasteiger charge is -2.00. The lowest BCUT2D eigenvalue weighted by molar-refractivity contribution is -0.254. The van der Waals surface area contributed by atoms with E-state index in [2.05, 4.69) is 15.5 Å². The Morgan fingerprint density at radius 3 is 2.67 bits per heavy atom. The van der Waals surface area contributed by atoms with Gasteiger partial charge in [0.15, 0.2) is 0 Å².